The molecule has 0 fully saturated rings. The van der Waals surface area contributed by atoms with E-state index < -0.39 is 0 Å². The van der Waals surface area contributed by atoms with Crippen LogP contribution in [0.25, 0.3) is 21.5 Å². The third-order valence-corrected chi connectivity index (χ3v) is 6.08. The summed E-state index contributed by atoms with van der Waals surface area (Å²) in [6.07, 6.45) is 0. The second kappa shape index (κ2) is 6.49. The van der Waals surface area contributed by atoms with Gasteiger partial charge in [0.1, 0.15) is 0 Å². The van der Waals surface area contributed by atoms with Crippen molar-refractivity contribution < 1.29 is 0 Å². The Morgan fingerprint density at radius 2 is 1.00 bits per heavy atom. The van der Waals surface area contributed by atoms with Crippen molar-refractivity contribution in [2.24, 2.45) is 0 Å². The van der Waals surface area contributed by atoms with Gasteiger partial charge in [-0.05, 0) is 43.3 Å². The number of thiol groups is 1. The average molecular weight is 364 g/mol. The molecule has 0 spiro atoms. The third-order valence-electron chi connectivity index (χ3n) is 4.56. The molecule has 0 saturated carbocycles. The summed E-state index contributed by atoms with van der Waals surface area (Å²) in [4.78, 5) is 0. The summed E-state index contributed by atoms with van der Waals surface area (Å²) in [6, 6.07) is 25.7. The molecule has 0 aliphatic rings. The molecule has 4 aromatic carbocycles. The molecule has 0 amide bonds. The molecule has 0 N–H and O–H groups in total. The lowest BCUT2D eigenvalue weighted by Crippen LogP contribution is -2.12. The molecule has 24 heavy (non-hydrogen) atoms. The maximum absolute atomic E-state index is 5.07. The Kier molecular flexibility index (Phi) is 4.35. The minimum Gasteiger partial charge on any atom is -0.166 e. The summed E-state index contributed by atoms with van der Waals surface area (Å²) in [5.41, 5.74) is 2.53. The Hall–Kier alpha value is -1.39. The van der Waals surface area contributed by atoms with Crippen molar-refractivity contribution in [3.05, 3.63) is 83.9 Å². The molecular weight excluding hydrogens is 346 g/mol. The smallest absolute Gasteiger partial charge is 0.0541 e. The van der Waals surface area contributed by atoms with Gasteiger partial charge in [-0.3, -0.25) is 0 Å². The minimum absolute atomic E-state index is 0.0159. The quantitative estimate of drug-likeness (QED) is 0.375. The highest BCUT2D eigenvalue weighted by Crippen LogP contribution is 2.36. The van der Waals surface area contributed by atoms with Crippen molar-refractivity contribution in [2.75, 3.05) is 0 Å². The van der Waals surface area contributed by atoms with E-state index in [2.05, 4.69) is 91.3 Å². The highest BCUT2D eigenvalue weighted by atomic mass is 32.1. The molecule has 3 heteroatoms. The normalized spacial score (nSPS) is 11.5. The van der Waals surface area contributed by atoms with Crippen LogP contribution in [0.2, 0.25) is 0 Å². The Morgan fingerprint density at radius 3 is 1.46 bits per heavy atom. The van der Waals surface area contributed by atoms with Gasteiger partial charge in [0, 0.05) is 0 Å². The lowest BCUT2D eigenvalue weighted by molar-refractivity contribution is 1.24. The van der Waals surface area contributed by atoms with Gasteiger partial charge in [-0.25, -0.2) is 0 Å². The highest BCUT2D eigenvalue weighted by molar-refractivity contribution is 7.80. The summed E-state index contributed by atoms with van der Waals surface area (Å²) in [5, 5.41) is 7.45. The zero-order valence-corrected chi connectivity index (χ0v) is 16.3. The molecule has 0 heterocycles. The SMILES string of the molecule is Pc1ccc2ccccc2c1C(S)c1c(P)ccc2ccccc12. The fourth-order valence-electron chi connectivity index (χ4n) is 3.38. The van der Waals surface area contributed by atoms with Crippen molar-refractivity contribution >= 4 is 63.3 Å². The maximum atomic E-state index is 5.07. The van der Waals surface area contributed by atoms with Gasteiger partial charge in [0.15, 0.2) is 0 Å². The molecule has 0 saturated heterocycles. The first-order valence-electron chi connectivity index (χ1n) is 7.89. The predicted octanol–water partition coefficient (Wildman–Crippen LogP) is 5.01. The second-order valence-electron chi connectivity index (χ2n) is 5.98. The van der Waals surface area contributed by atoms with E-state index in [0.717, 1.165) is 0 Å². The summed E-state index contributed by atoms with van der Waals surface area (Å²) in [7, 11) is 5.75. The monoisotopic (exact) mass is 364 g/mol. The van der Waals surface area contributed by atoms with Crippen LogP contribution in [-0.4, -0.2) is 0 Å². The molecule has 0 bridgehead atoms. The van der Waals surface area contributed by atoms with Gasteiger partial charge in [-0.15, -0.1) is 18.5 Å². The van der Waals surface area contributed by atoms with Crippen LogP contribution in [0.3, 0.4) is 0 Å². The van der Waals surface area contributed by atoms with Crippen LogP contribution in [0.5, 0.6) is 0 Å². The number of benzene rings is 4. The van der Waals surface area contributed by atoms with Crippen molar-refractivity contribution in [1.29, 1.82) is 0 Å². The van der Waals surface area contributed by atoms with Gasteiger partial charge >= 0.3 is 0 Å². The van der Waals surface area contributed by atoms with Crippen LogP contribution in [0, 0.1) is 0 Å². The fraction of sp³-hybridized carbons (Fsp3) is 0.0476. The van der Waals surface area contributed by atoms with Crippen LogP contribution in [0.15, 0.2) is 72.8 Å². The van der Waals surface area contributed by atoms with Gasteiger partial charge in [-0.1, -0.05) is 72.8 Å². The van der Waals surface area contributed by atoms with E-state index in [0.29, 0.717) is 0 Å². The van der Waals surface area contributed by atoms with E-state index in [1.165, 1.54) is 43.3 Å². The first kappa shape index (κ1) is 16.1. The van der Waals surface area contributed by atoms with Gasteiger partial charge in [-0.2, -0.15) is 12.6 Å². The largest absolute Gasteiger partial charge is 0.166 e. The lowest BCUT2D eigenvalue weighted by Gasteiger charge is -2.21. The van der Waals surface area contributed by atoms with Crippen LogP contribution >= 0.6 is 31.1 Å². The molecule has 0 aromatic heterocycles. The molecule has 2 atom stereocenters. The van der Waals surface area contributed by atoms with Crippen molar-refractivity contribution in [3.8, 4) is 0 Å². The van der Waals surface area contributed by atoms with Crippen LogP contribution in [0.4, 0.5) is 0 Å². The molecule has 0 nitrogen and oxygen atoms in total. The topological polar surface area (TPSA) is 0 Å². The lowest BCUT2D eigenvalue weighted by atomic mass is 9.94. The molecule has 4 aromatic rings. The Morgan fingerprint density at radius 1 is 0.583 bits per heavy atom. The molecule has 0 aliphatic heterocycles. The number of hydrogen-bond acceptors (Lipinski definition) is 1. The van der Waals surface area contributed by atoms with E-state index in [1.807, 2.05) is 0 Å². The summed E-state index contributed by atoms with van der Waals surface area (Å²) >= 11 is 5.07. The minimum atomic E-state index is 0.0159. The molecule has 2 unspecified atom stereocenters. The van der Waals surface area contributed by atoms with Gasteiger partial charge in [0.05, 0.1) is 5.25 Å². The Labute approximate surface area is 152 Å². The maximum Gasteiger partial charge on any atom is 0.0541 e. The van der Waals surface area contributed by atoms with Crippen molar-refractivity contribution in [3.63, 3.8) is 0 Å². The van der Waals surface area contributed by atoms with Crippen LogP contribution in [-0.2, 0) is 0 Å². The van der Waals surface area contributed by atoms with E-state index in [4.69, 9.17) is 12.6 Å². The zero-order valence-electron chi connectivity index (χ0n) is 13.1. The first-order chi connectivity index (χ1) is 11.7. The van der Waals surface area contributed by atoms with E-state index in [9.17, 15) is 0 Å². The Balaban J connectivity index is 2.03. The standard InChI is InChI=1S/C21H18P2S/c22-17-11-9-13-5-1-3-7-15(13)19(17)21(24)20-16-8-4-2-6-14(16)10-12-18(20)23/h1-12,21,24H,22-23H2. The van der Waals surface area contributed by atoms with E-state index in [-0.39, 0.29) is 5.25 Å². The zero-order chi connectivity index (χ0) is 16.7. The molecule has 118 valence electrons. The average Bonchev–Trinajstić information content (AvgIpc) is 2.61. The van der Waals surface area contributed by atoms with E-state index in [1.54, 1.807) is 0 Å². The molecule has 0 radical (unpaired) electrons. The van der Waals surface area contributed by atoms with Gasteiger partial charge in [0.2, 0.25) is 0 Å². The highest BCUT2D eigenvalue weighted by Gasteiger charge is 2.19. The third kappa shape index (κ3) is 2.66. The van der Waals surface area contributed by atoms with Crippen molar-refractivity contribution in [1.82, 2.24) is 0 Å². The summed E-state index contributed by atoms with van der Waals surface area (Å²) in [6.45, 7) is 0. The number of hydrogen-bond donors (Lipinski definition) is 1. The molecule has 0 aliphatic carbocycles. The van der Waals surface area contributed by atoms with Gasteiger partial charge in [0.25, 0.3) is 0 Å². The number of rotatable bonds is 2. The van der Waals surface area contributed by atoms with Gasteiger partial charge < -0.3 is 0 Å². The molecule has 4 rings (SSSR count). The molecular formula is C21H18P2S. The van der Waals surface area contributed by atoms with Crippen molar-refractivity contribution in [2.45, 2.75) is 5.25 Å². The summed E-state index contributed by atoms with van der Waals surface area (Å²) in [5.74, 6) is 0. The Bertz CT molecular complexity index is 971. The second-order valence-corrected chi connectivity index (χ2v) is 7.74. The summed E-state index contributed by atoms with van der Waals surface area (Å²) < 4.78 is 0. The predicted molar refractivity (Wildman–Crippen MR) is 117 cm³/mol. The van der Waals surface area contributed by atoms with Crippen LogP contribution in [0.1, 0.15) is 16.4 Å². The fourth-order valence-corrected chi connectivity index (χ4v) is 5.07. The first-order valence-corrected chi connectivity index (χ1v) is 9.56. The number of fused-ring (bicyclic) bond motifs is 2. The van der Waals surface area contributed by atoms with E-state index >= 15 is 0 Å². The van der Waals surface area contributed by atoms with Crippen LogP contribution < -0.4 is 10.6 Å².